The third-order valence-corrected chi connectivity index (χ3v) is 8.69. The molecule has 2 aliphatic carbocycles. The standard InChI is InChI=1S/C24H23ClN2O6S/c25-23(11-9-17(10-12-23)16-5-2-1-3-6-16)34(31,32)27-24(22(29)30)14-20(24)18-7-4-8-19(13-18)33-15-21(26)28/h1-11,13,20,27H,12,14-15H2,(H2,26,28)(H,29,30)/t20-,23?,24+/m0/s1. The van der Waals surface area contributed by atoms with Crippen molar-refractivity contribution in [3.05, 3.63) is 84.0 Å². The summed E-state index contributed by atoms with van der Waals surface area (Å²) in [4.78, 5) is 23.1. The van der Waals surface area contributed by atoms with Crippen molar-refractivity contribution in [2.45, 2.75) is 28.5 Å². The number of halogens is 1. The molecule has 4 N–H and O–H groups in total. The van der Waals surface area contributed by atoms with E-state index in [0.29, 0.717) is 11.3 Å². The summed E-state index contributed by atoms with van der Waals surface area (Å²) in [5.74, 6) is -2.26. The number of alkyl halides is 1. The summed E-state index contributed by atoms with van der Waals surface area (Å²) < 4.78 is 32.4. The van der Waals surface area contributed by atoms with Gasteiger partial charge in [0.25, 0.3) is 5.91 Å². The molecule has 2 aromatic rings. The van der Waals surface area contributed by atoms with Crippen molar-refractivity contribution < 1.29 is 27.9 Å². The van der Waals surface area contributed by atoms with Gasteiger partial charge in [-0.2, -0.15) is 4.72 Å². The number of primary amides is 1. The van der Waals surface area contributed by atoms with E-state index in [9.17, 15) is 23.1 Å². The number of nitrogens with two attached hydrogens (primary N) is 1. The largest absolute Gasteiger partial charge is 0.484 e. The summed E-state index contributed by atoms with van der Waals surface area (Å²) >= 11 is 6.51. The smallest absolute Gasteiger partial charge is 0.325 e. The molecule has 10 heteroatoms. The Bertz CT molecular complexity index is 1290. The Kier molecular flexibility index (Phi) is 6.28. The fourth-order valence-electron chi connectivity index (χ4n) is 4.00. The average molecular weight is 503 g/mol. The summed E-state index contributed by atoms with van der Waals surface area (Å²) in [6.07, 6.45) is 4.75. The van der Waals surface area contributed by atoms with Crippen LogP contribution in [0.25, 0.3) is 5.57 Å². The van der Waals surface area contributed by atoms with Crippen LogP contribution in [0.3, 0.4) is 0 Å². The SMILES string of the molecule is NC(=O)COc1cccc([C@@H]2C[C@]2(NS(=O)(=O)C2(Cl)C=CC(c3ccccc3)=CC2)C(=O)O)c1. The number of carboxylic acid groups (broad SMARTS) is 1. The lowest BCUT2D eigenvalue weighted by Gasteiger charge is -2.28. The molecule has 1 saturated carbocycles. The first-order valence-electron chi connectivity index (χ1n) is 10.5. The van der Waals surface area contributed by atoms with E-state index in [0.717, 1.165) is 11.1 Å². The zero-order valence-corrected chi connectivity index (χ0v) is 19.6. The third kappa shape index (κ3) is 4.59. The number of sulfonamides is 1. The Morgan fingerprint density at radius 1 is 1.18 bits per heavy atom. The summed E-state index contributed by atoms with van der Waals surface area (Å²) in [5, 5.41) is 9.92. The van der Waals surface area contributed by atoms with Crippen molar-refractivity contribution >= 4 is 39.1 Å². The van der Waals surface area contributed by atoms with Gasteiger partial charge in [-0.1, -0.05) is 66.2 Å². The lowest BCUT2D eigenvalue weighted by molar-refractivity contribution is -0.140. The fraction of sp³-hybridized carbons (Fsp3) is 0.250. The molecule has 34 heavy (non-hydrogen) atoms. The van der Waals surface area contributed by atoms with Gasteiger partial charge in [0.05, 0.1) is 0 Å². The van der Waals surface area contributed by atoms with Crippen LogP contribution in [0.15, 0.2) is 72.8 Å². The van der Waals surface area contributed by atoms with Gasteiger partial charge in [0.1, 0.15) is 11.3 Å². The minimum Gasteiger partial charge on any atom is -0.484 e. The number of nitrogens with one attached hydrogen (secondary N) is 1. The zero-order chi connectivity index (χ0) is 24.6. The van der Waals surface area contributed by atoms with Crippen molar-refractivity contribution in [3.8, 4) is 5.75 Å². The molecule has 178 valence electrons. The number of carboxylic acids is 1. The summed E-state index contributed by atoms with van der Waals surface area (Å²) in [5.41, 5.74) is 5.66. The highest BCUT2D eigenvalue weighted by molar-refractivity contribution is 7.92. The first-order chi connectivity index (χ1) is 16.1. The Hall–Kier alpha value is -3.14. The number of rotatable bonds is 9. The van der Waals surface area contributed by atoms with Crippen molar-refractivity contribution in [1.29, 1.82) is 0 Å². The van der Waals surface area contributed by atoms with Gasteiger partial charge in [-0.15, -0.1) is 0 Å². The maximum Gasteiger partial charge on any atom is 0.325 e. The van der Waals surface area contributed by atoms with E-state index in [1.165, 1.54) is 6.08 Å². The molecule has 0 spiro atoms. The maximum absolute atomic E-state index is 13.3. The molecular formula is C24H23ClN2O6S. The van der Waals surface area contributed by atoms with Crippen LogP contribution in [-0.2, 0) is 19.6 Å². The summed E-state index contributed by atoms with van der Waals surface area (Å²) in [6.45, 7) is -0.329. The Morgan fingerprint density at radius 2 is 1.91 bits per heavy atom. The van der Waals surface area contributed by atoms with E-state index in [-0.39, 0.29) is 19.4 Å². The van der Waals surface area contributed by atoms with Crippen LogP contribution in [0.4, 0.5) is 0 Å². The molecule has 0 bridgehead atoms. The molecule has 0 radical (unpaired) electrons. The molecule has 0 aliphatic heterocycles. The Balaban J connectivity index is 1.53. The molecule has 1 unspecified atom stereocenters. The minimum atomic E-state index is -4.29. The molecule has 3 atom stereocenters. The van der Waals surface area contributed by atoms with Crippen molar-refractivity contribution in [1.82, 2.24) is 4.72 Å². The van der Waals surface area contributed by atoms with Crippen LogP contribution in [0.5, 0.6) is 5.75 Å². The van der Waals surface area contributed by atoms with Gasteiger partial charge < -0.3 is 15.6 Å². The number of carbonyl (C=O) groups excluding carboxylic acids is 1. The first kappa shape index (κ1) is 24.0. The number of aliphatic carboxylic acids is 1. The van der Waals surface area contributed by atoms with Gasteiger partial charge in [-0.25, -0.2) is 8.42 Å². The predicted octanol–water partition coefficient (Wildman–Crippen LogP) is 2.76. The van der Waals surface area contributed by atoms with Gasteiger partial charge in [-0.3, -0.25) is 9.59 Å². The monoisotopic (exact) mass is 502 g/mol. The van der Waals surface area contributed by atoms with E-state index in [1.54, 1.807) is 36.4 Å². The molecule has 0 aromatic heterocycles. The van der Waals surface area contributed by atoms with Gasteiger partial charge in [0, 0.05) is 12.3 Å². The number of hydrogen-bond donors (Lipinski definition) is 3. The van der Waals surface area contributed by atoms with Crippen LogP contribution in [0.2, 0.25) is 0 Å². The fourth-order valence-corrected chi connectivity index (χ4v) is 5.77. The lowest BCUT2D eigenvalue weighted by atomic mass is 9.99. The maximum atomic E-state index is 13.3. The van der Waals surface area contributed by atoms with Gasteiger partial charge >= 0.3 is 5.97 Å². The van der Waals surface area contributed by atoms with E-state index < -0.39 is 37.6 Å². The molecule has 0 saturated heterocycles. The molecule has 8 nitrogen and oxygen atoms in total. The molecule has 0 heterocycles. The second-order valence-corrected chi connectivity index (χ2v) is 11.2. The summed E-state index contributed by atoms with van der Waals surface area (Å²) in [6, 6.07) is 15.9. The highest BCUT2D eigenvalue weighted by Gasteiger charge is 2.64. The van der Waals surface area contributed by atoms with Gasteiger partial charge in [-0.05, 0) is 41.3 Å². The number of carbonyl (C=O) groups is 2. The van der Waals surface area contributed by atoms with Crippen LogP contribution in [0.1, 0.15) is 29.9 Å². The van der Waals surface area contributed by atoms with Crippen LogP contribution >= 0.6 is 11.6 Å². The predicted molar refractivity (Wildman–Crippen MR) is 128 cm³/mol. The lowest BCUT2D eigenvalue weighted by Crippen LogP contribution is -2.51. The minimum absolute atomic E-state index is 0.0264. The zero-order valence-electron chi connectivity index (χ0n) is 18.0. The third-order valence-electron chi connectivity index (χ3n) is 5.97. The summed E-state index contributed by atoms with van der Waals surface area (Å²) in [7, 11) is -4.29. The second kappa shape index (κ2) is 8.90. The van der Waals surface area contributed by atoms with Crippen LogP contribution < -0.4 is 15.2 Å². The number of amides is 1. The van der Waals surface area contributed by atoms with E-state index in [2.05, 4.69) is 4.72 Å². The Labute approximate surface area is 202 Å². The van der Waals surface area contributed by atoms with Crippen LogP contribution in [0, 0.1) is 0 Å². The molecular weight excluding hydrogens is 480 g/mol. The number of allylic oxidation sites excluding steroid dienone is 3. The Morgan fingerprint density at radius 3 is 2.53 bits per heavy atom. The highest BCUT2D eigenvalue weighted by atomic mass is 35.5. The van der Waals surface area contributed by atoms with Crippen molar-refractivity contribution in [2.24, 2.45) is 5.73 Å². The van der Waals surface area contributed by atoms with E-state index in [4.69, 9.17) is 22.1 Å². The normalized spacial score (nSPS) is 25.9. The number of hydrogen-bond acceptors (Lipinski definition) is 5. The molecule has 1 amide bonds. The van der Waals surface area contributed by atoms with E-state index in [1.807, 2.05) is 30.3 Å². The molecule has 4 rings (SSSR count). The topological polar surface area (TPSA) is 136 Å². The highest BCUT2D eigenvalue weighted by Crippen LogP contribution is 2.53. The van der Waals surface area contributed by atoms with Crippen molar-refractivity contribution in [3.63, 3.8) is 0 Å². The van der Waals surface area contributed by atoms with Gasteiger partial charge in [0.15, 0.2) is 10.8 Å². The molecule has 1 fully saturated rings. The second-order valence-electron chi connectivity index (χ2n) is 8.32. The molecule has 2 aliphatic rings. The quantitative estimate of drug-likeness (QED) is 0.451. The van der Waals surface area contributed by atoms with Crippen molar-refractivity contribution in [2.75, 3.05) is 6.61 Å². The average Bonchev–Trinajstić information content (AvgIpc) is 3.54. The number of benzene rings is 2. The molecule has 2 aromatic carbocycles. The number of ether oxygens (including phenoxy) is 1. The van der Waals surface area contributed by atoms with Gasteiger partial charge in [0.2, 0.25) is 10.0 Å². The van der Waals surface area contributed by atoms with Crippen LogP contribution in [-0.4, -0.2) is 41.8 Å². The van der Waals surface area contributed by atoms with E-state index >= 15 is 0 Å². The first-order valence-corrected chi connectivity index (χ1v) is 12.3.